The molecule has 2 rings (SSSR count). The molecule has 0 aliphatic heterocycles. The Labute approximate surface area is 121 Å². The van der Waals surface area contributed by atoms with E-state index >= 15 is 0 Å². The number of rotatable bonds is 4. The highest BCUT2D eigenvalue weighted by Crippen LogP contribution is 2.28. The third kappa shape index (κ3) is 3.68. The van der Waals surface area contributed by atoms with E-state index in [4.69, 9.17) is 4.74 Å². The zero-order valence-corrected chi connectivity index (χ0v) is 11.3. The summed E-state index contributed by atoms with van der Waals surface area (Å²) < 4.78 is 45.3. The maximum atomic E-state index is 12.2. The van der Waals surface area contributed by atoms with Crippen molar-refractivity contribution < 1.29 is 27.4 Å². The number of halogens is 3. The summed E-state index contributed by atoms with van der Waals surface area (Å²) in [5.74, 6) is -1.26. The number of ether oxygens (including phenoxy) is 2. The van der Waals surface area contributed by atoms with E-state index in [0.29, 0.717) is 0 Å². The zero-order chi connectivity index (χ0) is 16.3. The molecule has 118 valence electrons. The van der Waals surface area contributed by atoms with Crippen molar-refractivity contribution in [2.75, 3.05) is 6.61 Å². The summed E-state index contributed by atoms with van der Waals surface area (Å²) >= 11 is 0. The van der Waals surface area contributed by atoms with Crippen LogP contribution in [-0.4, -0.2) is 28.9 Å². The number of hydrogen-bond donors (Lipinski definition) is 2. The summed E-state index contributed by atoms with van der Waals surface area (Å²) in [6.07, 6.45) is -4.84. The normalized spacial score (nSPS) is 11.3. The Morgan fingerprint density at radius 2 is 2.00 bits per heavy atom. The van der Waals surface area contributed by atoms with E-state index in [0.717, 1.165) is 12.1 Å². The van der Waals surface area contributed by atoms with Crippen molar-refractivity contribution in [2.45, 2.75) is 13.3 Å². The van der Waals surface area contributed by atoms with Gasteiger partial charge in [-0.25, -0.2) is 9.59 Å². The molecule has 0 fully saturated rings. The molecule has 0 saturated carbocycles. The largest absolute Gasteiger partial charge is 0.573 e. The maximum absolute atomic E-state index is 12.2. The molecular weight excluding hydrogens is 305 g/mol. The fourth-order valence-electron chi connectivity index (χ4n) is 1.80. The lowest BCUT2D eigenvalue weighted by atomic mass is 10.1. The third-order valence-corrected chi connectivity index (χ3v) is 2.56. The number of H-pyrrole nitrogens is 2. The number of alkyl halides is 3. The van der Waals surface area contributed by atoms with E-state index in [9.17, 15) is 22.8 Å². The minimum absolute atomic E-state index is 0.0241. The summed E-state index contributed by atoms with van der Waals surface area (Å²) in [6.45, 7) is 1.67. The molecule has 22 heavy (non-hydrogen) atoms. The standard InChI is InChI=1S/C13H11F3N2O4/c1-2-21-11(19)10-9(17-12(20)18-10)7-4-3-5-8(6-7)22-13(14,15)16/h3-6H,2H2,1H3,(H2,17,18,20). The fraction of sp³-hybridized carbons (Fsp3) is 0.231. The van der Waals surface area contributed by atoms with E-state index in [1.807, 2.05) is 0 Å². The second-order valence-corrected chi connectivity index (χ2v) is 4.13. The molecular formula is C13H11F3N2O4. The fourth-order valence-corrected chi connectivity index (χ4v) is 1.80. The molecule has 0 saturated heterocycles. The van der Waals surface area contributed by atoms with Crippen LogP contribution in [0.3, 0.4) is 0 Å². The van der Waals surface area contributed by atoms with Gasteiger partial charge in [0.25, 0.3) is 0 Å². The molecule has 0 spiro atoms. The summed E-state index contributed by atoms with van der Waals surface area (Å²) in [7, 11) is 0. The van der Waals surface area contributed by atoms with E-state index in [1.54, 1.807) is 6.92 Å². The summed E-state index contributed by atoms with van der Waals surface area (Å²) in [4.78, 5) is 27.7. The molecule has 0 aliphatic carbocycles. The molecule has 0 bridgehead atoms. The number of aromatic nitrogens is 2. The minimum atomic E-state index is -4.84. The van der Waals surface area contributed by atoms with Crippen molar-refractivity contribution in [2.24, 2.45) is 0 Å². The number of esters is 1. The van der Waals surface area contributed by atoms with Gasteiger partial charge in [0.05, 0.1) is 12.3 Å². The van der Waals surface area contributed by atoms with Crippen LogP contribution in [0.1, 0.15) is 17.4 Å². The van der Waals surface area contributed by atoms with Crippen molar-refractivity contribution in [3.05, 3.63) is 40.4 Å². The van der Waals surface area contributed by atoms with Crippen molar-refractivity contribution in [3.63, 3.8) is 0 Å². The Kier molecular flexibility index (Phi) is 4.25. The van der Waals surface area contributed by atoms with Gasteiger partial charge in [-0.2, -0.15) is 0 Å². The number of carbonyl (C=O) groups is 1. The van der Waals surface area contributed by atoms with Gasteiger partial charge in [-0.05, 0) is 19.1 Å². The first kappa shape index (κ1) is 15.7. The predicted molar refractivity (Wildman–Crippen MR) is 69.5 cm³/mol. The smallest absolute Gasteiger partial charge is 0.461 e. The lowest BCUT2D eigenvalue weighted by Crippen LogP contribution is -2.17. The molecule has 0 aliphatic rings. The minimum Gasteiger partial charge on any atom is -0.461 e. The Balaban J connectivity index is 2.42. The Bertz CT molecular complexity index is 733. The first-order valence-electron chi connectivity index (χ1n) is 6.15. The van der Waals surface area contributed by atoms with Gasteiger partial charge in [-0.15, -0.1) is 13.2 Å². The topological polar surface area (TPSA) is 84.2 Å². The first-order valence-corrected chi connectivity index (χ1v) is 6.15. The Hall–Kier alpha value is -2.71. The van der Waals surface area contributed by atoms with Crippen LogP contribution in [0.25, 0.3) is 11.3 Å². The van der Waals surface area contributed by atoms with E-state index in [2.05, 4.69) is 14.7 Å². The second kappa shape index (κ2) is 5.96. The average molecular weight is 316 g/mol. The van der Waals surface area contributed by atoms with Gasteiger partial charge in [-0.1, -0.05) is 12.1 Å². The Morgan fingerprint density at radius 3 is 2.64 bits per heavy atom. The second-order valence-electron chi connectivity index (χ2n) is 4.13. The van der Waals surface area contributed by atoms with Crippen LogP contribution in [0.4, 0.5) is 13.2 Å². The number of benzene rings is 1. The molecule has 1 heterocycles. The predicted octanol–water partition coefficient (Wildman–Crippen LogP) is 2.45. The molecule has 0 atom stereocenters. The highest BCUT2D eigenvalue weighted by molar-refractivity contribution is 5.94. The molecule has 2 aromatic rings. The monoisotopic (exact) mass is 316 g/mol. The van der Waals surface area contributed by atoms with Gasteiger partial charge >= 0.3 is 18.0 Å². The van der Waals surface area contributed by atoms with Crippen LogP contribution in [-0.2, 0) is 4.74 Å². The van der Waals surface area contributed by atoms with Crippen LogP contribution < -0.4 is 10.4 Å². The van der Waals surface area contributed by atoms with Gasteiger partial charge < -0.3 is 14.5 Å². The first-order chi connectivity index (χ1) is 10.3. The highest BCUT2D eigenvalue weighted by atomic mass is 19.4. The maximum Gasteiger partial charge on any atom is 0.573 e. The lowest BCUT2D eigenvalue weighted by molar-refractivity contribution is -0.274. The molecule has 2 N–H and O–H groups in total. The van der Waals surface area contributed by atoms with Crippen LogP contribution in [0.15, 0.2) is 29.1 Å². The third-order valence-electron chi connectivity index (χ3n) is 2.56. The van der Waals surface area contributed by atoms with Gasteiger partial charge in [-0.3, -0.25) is 4.98 Å². The number of aromatic amines is 2. The van der Waals surface area contributed by atoms with Crippen LogP contribution in [0, 0.1) is 0 Å². The molecule has 1 aromatic heterocycles. The molecule has 1 aromatic carbocycles. The number of nitrogens with one attached hydrogen (secondary N) is 2. The van der Waals surface area contributed by atoms with Crippen molar-refractivity contribution >= 4 is 5.97 Å². The van der Waals surface area contributed by atoms with Crippen molar-refractivity contribution in [1.29, 1.82) is 0 Å². The van der Waals surface area contributed by atoms with Crippen molar-refractivity contribution in [3.8, 4) is 17.0 Å². The van der Waals surface area contributed by atoms with Crippen LogP contribution in [0.5, 0.6) is 5.75 Å². The molecule has 9 heteroatoms. The highest BCUT2D eigenvalue weighted by Gasteiger charge is 2.31. The SMILES string of the molecule is CCOC(=O)c1[nH]c(=O)[nH]c1-c1cccc(OC(F)(F)F)c1. The Morgan fingerprint density at radius 1 is 1.27 bits per heavy atom. The van der Waals surface area contributed by atoms with Crippen LogP contribution in [0.2, 0.25) is 0 Å². The molecule has 0 unspecified atom stereocenters. The summed E-state index contributed by atoms with van der Waals surface area (Å²) in [6, 6.07) is 4.88. The molecule has 0 radical (unpaired) electrons. The van der Waals surface area contributed by atoms with Crippen molar-refractivity contribution in [1.82, 2.24) is 9.97 Å². The molecule has 6 nitrogen and oxygen atoms in total. The lowest BCUT2D eigenvalue weighted by Gasteiger charge is -2.10. The van der Waals surface area contributed by atoms with Gasteiger partial charge in [0.2, 0.25) is 0 Å². The quantitative estimate of drug-likeness (QED) is 0.849. The average Bonchev–Trinajstić information content (AvgIpc) is 2.79. The molecule has 0 amide bonds. The van der Waals surface area contributed by atoms with Gasteiger partial charge in [0, 0.05) is 5.56 Å². The van der Waals surface area contributed by atoms with E-state index in [-0.39, 0.29) is 23.6 Å². The van der Waals surface area contributed by atoms with Crippen LogP contribution >= 0.6 is 0 Å². The number of imidazole rings is 1. The number of carbonyl (C=O) groups excluding carboxylic acids is 1. The van der Waals surface area contributed by atoms with Gasteiger partial charge in [0.1, 0.15) is 5.75 Å². The number of hydrogen-bond acceptors (Lipinski definition) is 4. The zero-order valence-electron chi connectivity index (χ0n) is 11.3. The van der Waals surface area contributed by atoms with Gasteiger partial charge in [0.15, 0.2) is 5.69 Å². The van der Waals surface area contributed by atoms with E-state index in [1.165, 1.54) is 12.1 Å². The summed E-state index contributed by atoms with van der Waals surface area (Å²) in [5, 5.41) is 0. The van der Waals surface area contributed by atoms with E-state index < -0.39 is 23.8 Å². The summed E-state index contributed by atoms with van der Waals surface area (Å²) in [5.41, 5.74) is -0.657.